The number of nitrogens with zero attached hydrogens (tertiary/aromatic N) is 1. The minimum absolute atomic E-state index is 0.159. The molecule has 2 aromatic rings. The Morgan fingerprint density at radius 3 is 2.80 bits per heavy atom. The molecule has 0 bridgehead atoms. The van der Waals surface area contributed by atoms with Gasteiger partial charge in [-0.05, 0) is 31.5 Å². The molecule has 6 heteroatoms. The van der Waals surface area contributed by atoms with Crippen molar-refractivity contribution in [3.05, 3.63) is 30.6 Å². The van der Waals surface area contributed by atoms with Crippen molar-refractivity contribution in [3.8, 4) is 0 Å². The van der Waals surface area contributed by atoms with Crippen molar-refractivity contribution in [2.24, 2.45) is 0 Å². The second kappa shape index (κ2) is 4.34. The van der Waals surface area contributed by atoms with Crippen LogP contribution in [0.15, 0.2) is 30.6 Å². The number of aromatic nitrogens is 1. The average Bonchev–Trinajstić information content (AvgIpc) is 2.68. The zero-order valence-electron chi connectivity index (χ0n) is 11.3. The molecule has 3 rings (SSSR count). The second-order valence-corrected chi connectivity index (χ2v) is 7.84. The van der Waals surface area contributed by atoms with Crippen LogP contribution >= 0.6 is 0 Å². The number of hydrogen-bond acceptors (Lipinski definition) is 5. The Morgan fingerprint density at radius 2 is 2.10 bits per heavy atom. The number of nitrogens with one attached hydrogen (secondary N) is 1. The van der Waals surface area contributed by atoms with Gasteiger partial charge in [0.25, 0.3) is 0 Å². The van der Waals surface area contributed by atoms with Gasteiger partial charge in [0.2, 0.25) is 0 Å². The molecule has 0 saturated carbocycles. The molecule has 5 nitrogen and oxygen atoms in total. The van der Waals surface area contributed by atoms with E-state index in [2.05, 4.69) is 10.3 Å². The molecule has 1 atom stereocenters. The summed E-state index contributed by atoms with van der Waals surface area (Å²) in [5, 5.41) is 5.21. The maximum absolute atomic E-state index is 11.7. The maximum atomic E-state index is 11.7. The van der Waals surface area contributed by atoms with Crippen molar-refractivity contribution in [2.75, 3.05) is 22.6 Å². The highest BCUT2D eigenvalue weighted by atomic mass is 32.2. The molecule has 0 amide bonds. The van der Waals surface area contributed by atoms with E-state index >= 15 is 0 Å². The smallest absolute Gasteiger partial charge is 0.152 e. The molecule has 1 saturated heterocycles. The Balaban J connectivity index is 2.02. The average molecular weight is 291 g/mol. The lowest BCUT2D eigenvalue weighted by Crippen LogP contribution is -2.35. The van der Waals surface area contributed by atoms with Crippen LogP contribution in [0.4, 0.5) is 11.4 Å². The molecular weight excluding hydrogens is 274 g/mol. The van der Waals surface area contributed by atoms with Gasteiger partial charge in [-0.25, -0.2) is 8.42 Å². The van der Waals surface area contributed by atoms with Crippen molar-refractivity contribution in [1.29, 1.82) is 0 Å². The molecule has 1 aliphatic heterocycles. The van der Waals surface area contributed by atoms with Crippen LogP contribution in [-0.2, 0) is 9.84 Å². The summed E-state index contributed by atoms with van der Waals surface area (Å²) in [6, 6.07) is 5.58. The summed E-state index contributed by atoms with van der Waals surface area (Å²) in [6.45, 7) is 1.94. The fourth-order valence-electron chi connectivity index (χ4n) is 2.76. The highest BCUT2D eigenvalue weighted by Crippen LogP contribution is 2.33. The van der Waals surface area contributed by atoms with Crippen LogP contribution in [0.5, 0.6) is 0 Å². The predicted octanol–water partition coefficient (Wildman–Crippen LogP) is 1.81. The molecule has 1 aliphatic rings. The van der Waals surface area contributed by atoms with Crippen molar-refractivity contribution >= 4 is 32.0 Å². The number of fused-ring (bicyclic) bond motifs is 1. The molecule has 1 fully saturated rings. The summed E-state index contributed by atoms with van der Waals surface area (Å²) in [4.78, 5) is 4.13. The van der Waals surface area contributed by atoms with E-state index in [9.17, 15) is 8.42 Å². The SMILES string of the molecule is CC1(Nc2ccc(N)c3ccncc23)CCS(=O)(=O)C1. The van der Waals surface area contributed by atoms with E-state index in [0.717, 1.165) is 16.5 Å². The Bertz CT molecular complexity index is 773. The molecule has 0 radical (unpaired) electrons. The molecule has 2 heterocycles. The molecule has 106 valence electrons. The van der Waals surface area contributed by atoms with E-state index in [4.69, 9.17) is 5.73 Å². The summed E-state index contributed by atoms with van der Waals surface area (Å²) in [5.41, 5.74) is 7.09. The van der Waals surface area contributed by atoms with E-state index in [1.165, 1.54) is 0 Å². The van der Waals surface area contributed by atoms with Gasteiger partial charge >= 0.3 is 0 Å². The number of nitrogens with two attached hydrogens (primary N) is 1. The predicted molar refractivity (Wildman–Crippen MR) is 81.5 cm³/mol. The zero-order valence-corrected chi connectivity index (χ0v) is 12.1. The van der Waals surface area contributed by atoms with Crippen LogP contribution in [0.3, 0.4) is 0 Å². The lowest BCUT2D eigenvalue weighted by Gasteiger charge is -2.26. The van der Waals surface area contributed by atoms with Crippen molar-refractivity contribution < 1.29 is 8.42 Å². The van der Waals surface area contributed by atoms with E-state index in [0.29, 0.717) is 12.1 Å². The number of pyridine rings is 1. The van der Waals surface area contributed by atoms with Gasteiger partial charge in [0, 0.05) is 40.1 Å². The third-order valence-electron chi connectivity index (χ3n) is 3.79. The van der Waals surface area contributed by atoms with Crippen LogP contribution < -0.4 is 11.1 Å². The Labute approximate surface area is 118 Å². The number of rotatable bonds is 2. The van der Waals surface area contributed by atoms with Crippen molar-refractivity contribution in [3.63, 3.8) is 0 Å². The number of sulfone groups is 1. The number of benzene rings is 1. The van der Waals surface area contributed by atoms with E-state index in [1.807, 2.05) is 25.1 Å². The fourth-order valence-corrected chi connectivity index (χ4v) is 4.85. The summed E-state index contributed by atoms with van der Waals surface area (Å²) < 4.78 is 23.4. The second-order valence-electron chi connectivity index (χ2n) is 5.65. The minimum Gasteiger partial charge on any atom is -0.398 e. The highest BCUT2D eigenvalue weighted by molar-refractivity contribution is 7.91. The zero-order chi connectivity index (χ0) is 14.4. The molecule has 0 aliphatic carbocycles. The third kappa shape index (κ3) is 2.31. The normalized spacial score (nSPS) is 24.9. The monoisotopic (exact) mass is 291 g/mol. The van der Waals surface area contributed by atoms with Crippen molar-refractivity contribution in [1.82, 2.24) is 4.98 Å². The molecular formula is C14H17N3O2S. The first-order valence-corrected chi connectivity index (χ1v) is 8.32. The lowest BCUT2D eigenvalue weighted by atomic mass is 10.00. The van der Waals surface area contributed by atoms with Crippen LogP contribution in [0.25, 0.3) is 10.8 Å². The van der Waals surface area contributed by atoms with Crippen LogP contribution in [0.1, 0.15) is 13.3 Å². The Hall–Kier alpha value is -1.82. The summed E-state index contributed by atoms with van der Waals surface area (Å²) in [7, 11) is -2.94. The molecule has 1 aromatic carbocycles. The largest absolute Gasteiger partial charge is 0.398 e. The quantitative estimate of drug-likeness (QED) is 0.824. The first-order valence-electron chi connectivity index (χ1n) is 6.49. The molecule has 1 aromatic heterocycles. The topological polar surface area (TPSA) is 85.1 Å². The van der Waals surface area contributed by atoms with E-state index in [1.54, 1.807) is 12.4 Å². The molecule has 0 spiro atoms. The summed E-state index contributed by atoms with van der Waals surface area (Å²) in [5.74, 6) is 0.397. The van der Waals surface area contributed by atoms with Gasteiger partial charge in [-0.15, -0.1) is 0 Å². The van der Waals surface area contributed by atoms with Gasteiger partial charge in [0.15, 0.2) is 9.84 Å². The Morgan fingerprint density at radius 1 is 1.30 bits per heavy atom. The van der Waals surface area contributed by atoms with Gasteiger partial charge in [0.1, 0.15) is 0 Å². The van der Waals surface area contributed by atoms with E-state index < -0.39 is 15.4 Å². The van der Waals surface area contributed by atoms with Gasteiger partial charge in [-0.2, -0.15) is 0 Å². The van der Waals surface area contributed by atoms with Gasteiger partial charge < -0.3 is 11.1 Å². The first kappa shape index (κ1) is 13.2. The van der Waals surface area contributed by atoms with Gasteiger partial charge in [-0.1, -0.05) is 0 Å². The number of anilines is 2. The van der Waals surface area contributed by atoms with Crippen LogP contribution in [0.2, 0.25) is 0 Å². The lowest BCUT2D eigenvalue weighted by molar-refractivity contribution is 0.574. The minimum atomic E-state index is -2.94. The maximum Gasteiger partial charge on any atom is 0.152 e. The van der Waals surface area contributed by atoms with Gasteiger partial charge in [-0.3, -0.25) is 4.98 Å². The number of nitrogen functional groups attached to an aromatic ring is 1. The van der Waals surface area contributed by atoms with Crippen LogP contribution in [0, 0.1) is 0 Å². The first-order chi connectivity index (χ1) is 9.39. The summed E-state index contributed by atoms with van der Waals surface area (Å²) >= 11 is 0. The third-order valence-corrected chi connectivity index (χ3v) is 5.69. The standard InChI is InChI=1S/C14H17N3O2S/c1-14(5-7-20(18,19)9-14)17-13-3-2-12(15)10-4-6-16-8-11(10)13/h2-4,6,8,17H,5,7,9,15H2,1H3. The fraction of sp³-hybridized carbons (Fsp3) is 0.357. The van der Waals surface area contributed by atoms with Crippen molar-refractivity contribution in [2.45, 2.75) is 18.9 Å². The Kier molecular flexibility index (Phi) is 2.86. The highest BCUT2D eigenvalue weighted by Gasteiger charge is 2.38. The van der Waals surface area contributed by atoms with Crippen LogP contribution in [-0.4, -0.2) is 30.4 Å². The number of hydrogen-bond donors (Lipinski definition) is 2. The molecule has 1 unspecified atom stereocenters. The van der Waals surface area contributed by atoms with E-state index in [-0.39, 0.29) is 11.5 Å². The summed E-state index contributed by atoms with van der Waals surface area (Å²) in [6.07, 6.45) is 4.06. The molecule has 3 N–H and O–H groups in total. The van der Waals surface area contributed by atoms with Gasteiger partial charge in [0.05, 0.1) is 11.5 Å². The molecule has 20 heavy (non-hydrogen) atoms.